The number of benzene rings is 2. The van der Waals surface area contributed by atoms with Gasteiger partial charge in [-0.15, -0.1) is 0 Å². The Morgan fingerprint density at radius 1 is 0.927 bits per heavy atom. The van der Waals surface area contributed by atoms with E-state index in [1.165, 1.54) is 29.9 Å². The van der Waals surface area contributed by atoms with Gasteiger partial charge in [-0.1, -0.05) is 82.3 Å². The van der Waals surface area contributed by atoms with Crippen molar-refractivity contribution in [3.05, 3.63) is 70.6 Å². The summed E-state index contributed by atoms with van der Waals surface area (Å²) in [7, 11) is 0. The van der Waals surface area contributed by atoms with Crippen molar-refractivity contribution in [3.63, 3.8) is 0 Å². The SMILES string of the molecule is C=C(C)Sc1cccc(C)c1C.CC(=O)CN.CCCC(CCC)(COC(C)=O)C(C)=O.CCc1ccccc1O. The zero-order valence-corrected chi connectivity index (χ0v) is 27.6. The van der Waals surface area contributed by atoms with Crippen LogP contribution in [0.2, 0.25) is 0 Å². The maximum absolute atomic E-state index is 11.7. The number of ketones is 2. The number of aryl methyl sites for hydroxylation is 2. The topological polar surface area (TPSA) is 107 Å². The maximum Gasteiger partial charge on any atom is 0.302 e. The number of phenolic OH excluding ortho intramolecular Hbond substituents is 1. The van der Waals surface area contributed by atoms with E-state index >= 15 is 0 Å². The minimum atomic E-state index is -0.449. The molecule has 7 heteroatoms. The molecule has 0 aromatic heterocycles. The molecule has 0 bridgehead atoms. The first-order valence-electron chi connectivity index (χ1n) is 14.2. The number of hydrogen-bond acceptors (Lipinski definition) is 7. The van der Waals surface area contributed by atoms with E-state index in [1.807, 2.05) is 45.9 Å². The van der Waals surface area contributed by atoms with Gasteiger partial charge in [0.25, 0.3) is 0 Å². The van der Waals surface area contributed by atoms with Gasteiger partial charge in [-0.2, -0.15) is 0 Å². The number of para-hydroxylation sites is 1. The fourth-order valence-corrected chi connectivity index (χ4v) is 4.59. The van der Waals surface area contributed by atoms with Gasteiger partial charge in [0, 0.05) is 11.8 Å². The summed E-state index contributed by atoms with van der Waals surface area (Å²) in [5, 5.41) is 9.11. The molecule has 0 radical (unpaired) electrons. The van der Waals surface area contributed by atoms with Crippen molar-refractivity contribution >= 4 is 29.3 Å². The highest BCUT2D eigenvalue weighted by Crippen LogP contribution is 2.31. The van der Waals surface area contributed by atoms with Crippen LogP contribution in [0.3, 0.4) is 0 Å². The first-order chi connectivity index (χ1) is 19.2. The van der Waals surface area contributed by atoms with Crippen LogP contribution in [0.1, 0.15) is 90.8 Å². The van der Waals surface area contributed by atoms with E-state index in [0.29, 0.717) is 5.75 Å². The van der Waals surface area contributed by atoms with Crippen LogP contribution >= 0.6 is 11.8 Å². The number of hydrogen-bond donors (Lipinski definition) is 2. The van der Waals surface area contributed by atoms with Crippen LogP contribution in [0, 0.1) is 19.3 Å². The molecular formula is C34H53NO5S. The quantitative estimate of drug-likeness (QED) is 0.202. The van der Waals surface area contributed by atoms with Gasteiger partial charge in [-0.05, 0) is 87.6 Å². The van der Waals surface area contributed by atoms with Crippen LogP contribution in [0.25, 0.3) is 0 Å². The highest BCUT2D eigenvalue weighted by atomic mass is 32.2. The monoisotopic (exact) mass is 587 g/mol. The van der Waals surface area contributed by atoms with E-state index in [2.05, 4.69) is 38.6 Å². The van der Waals surface area contributed by atoms with Crippen molar-refractivity contribution in [2.45, 2.75) is 99.3 Å². The van der Waals surface area contributed by atoms with Gasteiger partial charge in [0.15, 0.2) is 0 Å². The number of allylic oxidation sites excluding steroid dienone is 1. The van der Waals surface area contributed by atoms with Crippen molar-refractivity contribution in [2.75, 3.05) is 13.2 Å². The minimum absolute atomic E-state index is 0.0324. The van der Waals surface area contributed by atoms with Gasteiger partial charge in [0.2, 0.25) is 0 Å². The van der Waals surface area contributed by atoms with E-state index in [4.69, 9.17) is 15.6 Å². The highest BCUT2D eigenvalue weighted by molar-refractivity contribution is 8.03. The molecule has 0 aliphatic rings. The van der Waals surface area contributed by atoms with Crippen molar-refractivity contribution in [1.29, 1.82) is 0 Å². The first kappa shape index (κ1) is 40.2. The summed E-state index contributed by atoms with van der Waals surface area (Å²) in [5.74, 6) is 0.255. The molecular weight excluding hydrogens is 534 g/mol. The molecule has 6 nitrogen and oxygen atoms in total. The van der Waals surface area contributed by atoms with Gasteiger partial charge in [-0.25, -0.2) is 0 Å². The lowest BCUT2D eigenvalue weighted by Gasteiger charge is -2.29. The fraction of sp³-hybridized carbons (Fsp3) is 0.500. The average molecular weight is 588 g/mol. The van der Waals surface area contributed by atoms with Crippen LogP contribution in [0.15, 0.2) is 58.8 Å². The number of aromatic hydroxyl groups is 1. The normalized spacial score (nSPS) is 10.0. The first-order valence-corrected chi connectivity index (χ1v) is 15.0. The second-order valence-electron chi connectivity index (χ2n) is 10.0. The zero-order valence-electron chi connectivity index (χ0n) is 26.8. The number of Topliss-reactive ketones (excluding diaryl/α,β-unsaturated/α-hetero) is 2. The molecule has 0 saturated carbocycles. The highest BCUT2D eigenvalue weighted by Gasteiger charge is 2.34. The number of carbonyl (C=O) groups is 3. The fourth-order valence-electron chi connectivity index (χ4n) is 3.75. The lowest BCUT2D eigenvalue weighted by molar-refractivity contribution is -0.148. The molecule has 0 amide bonds. The average Bonchev–Trinajstić information content (AvgIpc) is 2.91. The number of esters is 1. The lowest BCUT2D eigenvalue weighted by Crippen LogP contribution is -2.35. The Labute approximate surface area is 253 Å². The Bertz CT molecular complexity index is 1070. The third kappa shape index (κ3) is 18.2. The molecule has 0 heterocycles. The second-order valence-corrected chi connectivity index (χ2v) is 11.3. The van der Waals surface area contributed by atoms with Gasteiger partial charge in [-0.3, -0.25) is 14.4 Å². The van der Waals surface area contributed by atoms with E-state index in [9.17, 15) is 14.4 Å². The summed E-state index contributed by atoms with van der Waals surface area (Å²) >= 11 is 1.74. The minimum Gasteiger partial charge on any atom is -0.508 e. The smallest absolute Gasteiger partial charge is 0.302 e. The molecule has 2 rings (SSSR count). The summed E-state index contributed by atoms with van der Waals surface area (Å²) in [6.07, 6.45) is 4.35. The molecule has 41 heavy (non-hydrogen) atoms. The van der Waals surface area contributed by atoms with Crippen LogP contribution in [0.5, 0.6) is 5.75 Å². The molecule has 0 saturated heterocycles. The van der Waals surface area contributed by atoms with Crippen molar-refractivity contribution in [1.82, 2.24) is 0 Å². The Kier molecular flexibility index (Phi) is 22.3. The number of nitrogens with two attached hydrogens (primary N) is 1. The van der Waals surface area contributed by atoms with Crippen LogP contribution < -0.4 is 5.73 Å². The molecule has 2 aromatic carbocycles. The standard InChI is InChI=1S/C12H22O3.C11H14S.C8H10O.C3H7NO/c1-5-7-12(8-6-2,10(3)13)9-15-11(4)14;1-8(2)12-11-7-5-6-9(3)10(11)4;1-2-7-5-3-4-6-8(7)9;1-3(5)2-4/h5-9H2,1-4H3;5-7H,1H2,2-4H3;3-6,9H,2H2,1H3;2,4H2,1H3. The molecule has 3 N–H and O–H groups in total. The number of rotatable bonds is 11. The molecule has 0 aliphatic heterocycles. The van der Waals surface area contributed by atoms with E-state index < -0.39 is 5.41 Å². The molecule has 0 fully saturated rings. The maximum atomic E-state index is 11.7. The van der Waals surface area contributed by atoms with Crippen molar-refractivity contribution in [3.8, 4) is 5.75 Å². The summed E-state index contributed by atoms with van der Waals surface area (Å²) in [6, 6.07) is 13.8. The van der Waals surface area contributed by atoms with Crippen LogP contribution in [-0.2, 0) is 25.5 Å². The summed E-state index contributed by atoms with van der Waals surface area (Å²) in [4.78, 5) is 34.6. The van der Waals surface area contributed by atoms with Gasteiger partial charge in [0.1, 0.15) is 23.9 Å². The molecule has 230 valence electrons. The summed E-state index contributed by atoms with van der Waals surface area (Å²) in [5.41, 5.74) is 8.10. The van der Waals surface area contributed by atoms with Gasteiger partial charge < -0.3 is 15.6 Å². The third-order valence-electron chi connectivity index (χ3n) is 6.25. The Balaban J connectivity index is 0. The number of ether oxygens (including phenoxy) is 1. The Morgan fingerprint density at radius 2 is 1.46 bits per heavy atom. The summed E-state index contributed by atoms with van der Waals surface area (Å²) < 4.78 is 5.01. The van der Waals surface area contributed by atoms with Gasteiger partial charge in [0.05, 0.1) is 12.0 Å². The second kappa shape index (κ2) is 22.8. The van der Waals surface area contributed by atoms with E-state index in [1.54, 1.807) is 24.8 Å². The van der Waals surface area contributed by atoms with E-state index in [-0.39, 0.29) is 30.7 Å². The number of phenols is 1. The molecule has 2 aromatic rings. The lowest BCUT2D eigenvalue weighted by atomic mass is 9.77. The Morgan fingerprint density at radius 3 is 1.83 bits per heavy atom. The number of carbonyl (C=O) groups excluding carboxylic acids is 3. The number of thioether (sulfide) groups is 1. The van der Waals surface area contributed by atoms with Gasteiger partial charge >= 0.3 is 5.97 Å². The largest absolute Gasteiger partial charge is 0.508 e. The molecule has 0 spiro atoms. The molecule has 0 atom stereocenters. The van der Waals surface area contributed by atoms with E-state index in [0.717, 1.165) is 42.6 Å². The molecule has 0 unspecified atom stereocenters. The Hall–Kier alpha value is -2.90. The van der Waals surface area contributed by atoms with Crippen LogP contribution in [0.4, 0.5) is 0 Å². The zero-order chi connectivity index (χ0) is 32.0. The predicted octanol–water partition coefficient (Wildman–Crippen LogP) is 8.14. The molecule has 0 aliphatic carbocycles. The van der Waals surface area contributed by atoms with Crippen molar-refractivity contribution in [2.24, 2.45) is 11.1 Å². The van der Waals surface area contributed by atoms with Crippen LogP contribution in [-0.4, -0.2) is 35.8 Å². The van der Waals surface area contributed by atoms with Crippen molar-refractivity contribution < 1.29 is 24.2 Å². The third-order valence-corrected chi connectivity index (χ3v) is 7.27. The summed E-state index contributed by atoms with van der Waals surface area (Å²) in [6.45, 7) is 21.1. The predicted molar refractivity (Wildman–Crippen MR) is 173 cm³/mol.